The Balaban J connectivity index is 1.65. The molecule has 2 heterocycles. The predicted octanol–water partition coefficient (Wildman–Crippen LogP) is 2.22. The second-order valence-corrected chi connectivity index (χ2v) is 5.04. The van der Waals surface area contributed by atoms with E-state index in [1.54, 1.807) is 24.2 Å². The van der Waals surface area contributed by atoms with Crippen LogP contribution in [0, 0.1) is 0 Å². The highest BCUT2D eigenvalue weighted by molar-refractivity contribution is 7.98. The molecule has 0 radical (unpaired) electrons. The third kappa shape index (κ3) is 2.41. The summed E-state index contributed by atoms with van der Waals surface area (Å²) in [5, 5.41) is 3.97. The Bertz CT molecular complexity index is 524. The van der Waals surface area contributed by atoms with Crippen LogP contribution in [0.15, 0.2) is 27.9 Å². The summed E-state index contributed by atoms with van der Waals surface area (Å²) < 4.78 is 5.19. The molecule has 0 aliphatic heterocycles. The minimum Gasteiger partial charge on any atom is -0.397 e. The van der Waals surface area contributed by atoms with Crippen LogP contribution in [-0.2, 0) is 5.75 Å². The lowest BCUT2D eigenvalue weighted by molar-refractivity contribution is 0.385. The van der Waals surface area contributed by atoms with Gasteiger partial charge in [-0.15, -0.1) is 11.8 Å². The Morgan fingerprint density at radius 2 is 2.35 bits per heavy atom. The van der Waals surface area contributed by atoms with Crippen molar-refractivity contribution in [3.8, 4) is 0 Å². The van der Waals surface area contributed by atoms with Crippen LogP contribution in [0.25, 0.3) is 0 Å². The highest BCUT2D eigenvalue weighted by atomic mass is 32.2. The molecule has 1 aliphatic rings. The summed E-state index contributed by atoms with van der Waals surface area (Å²) in [4.78, 5) is 9.30. The molecule has 2 N–H and O–H groups in total. The lowest BCUT2D eigenvalue weighted by Crippen LogP contribution is -1.90. The minimum absolute atomic E-state index is 0.531. The summed E-state index contributed by atoms with van der Waals surface area (Å²) in [5.74, 6) is 2.69. The van der Waals surface area contributed by atoms with Gasteiger partial charge < -0.3 is 10.3 Å². The summed E-state index contributed by atoms with van der Waals surface area (Å²) in [7, 11) is 0. The molecule has 0 amide bonds. The van der Waals surface area contributed by atoms with E-state index in [0.29, 0.717) is 23.2 Å². The van der Waals surface area contributed by atoms with E-state index in [-0.39, 0.29) is 0 Å². The predicted molar refractivity (Wildman–Crippen MR) is 64.5 cm³/mol. The number of nitrogen functional groups attached to an aromatic ring is 1. The molecule has 0 aromatic carbocycles. The van der Waals surface area contributed by atoms with E-state index in [0.717, 1.165) is 10.7 Å². The molecule has 2 aromatic rings. The molecule has 17 heavy (non-hydrogen) atoms. The Hall–Kier alpha value is -1.56. The van der Waals surface area contributed by atoms with Gasteiger partial charge in [0.1, 0.15) is 0 Å². The topological polar surface area (TPSA) is 77.8 Å². The fraction of sp³-hybridized carbons (Fsp3) is 0.364. The van der Waals surface area contributed by atoms with Crippen LogP contribution in [0.2, 0.25) is 0 Å². The normalized spacial score (nSPS) is 15.1. The number of hydrogen-bond acceptors (Lipinski definition) is 6. The Morgan fingerprint density at radius 1 is 1.47 bits per heavy atom. The summed E-state index contributed by atoms with van der Waals surface area (Å²) in [6.07, 6.45) is 5.74. The van der Waals surface area contributed by atoms with Crippen LogP contribution < -0.4 is 5.73 Å². The highest BCUT2D eigenvalue weighted by Gasteiger charge is 2.28. The van der Waals surface area contributed by atoms with Crippen LogP contribution in [0.5, 0.6) is 0 Å². The maximum absolute atomic E-state index is 5.80. The fourth-order valence-electron chi connectivity index (χ4n) is 1.50. The molecule has 6 heteroatoms. The second-order valence-electron chi connectivity index (χ2n) is 4.02. The largest absolute Gasteiger partial charge is 0.397 e. The Kier molecular flexibility index (Phi) is 2.72. The van der Waals surface area contributed by atoms with Crippen molar-refractivity contribution in [2.24, 2.45) is 0 Å². The molecule has 3 rings (SSSR count). The smallest absolute Gasteiger partial charge is 0.237 e. The van der Waals surface area contributed by atoms with Gasteiger partial charge in [-0.05, 0) is 18.9 Å². The standard InChI is InChI=1S/C11H12N4OS/c12-8-5-13-4-3-9(8)17-6-10-14-11(15-16-10)7-1-2-7/h3-5,7H,1-2,6,12H2. The van der Waals surface area contributed by atoms with Crippen molar-refractivity contribution < 1.29 is 4.52 Å². The first kappa shape index (κ1) is 10.6. The maximum Gasteiger partial charge on any atom is 0.237 e. The van der Waals surface area contributed by atoms with Crippen molar-refractivity contribution in [2.75, 3.05) is 5.73 Å². The number of pyridine rings is 1. The zero-order chi connectivity index (χ0) is 11.7. The van der Waals surface area contributed by atoms with Gasteiger partial charge in [-0.1, -0.05) is 5.16 Å². The van der Waals surface area contributed by atoms with Crippen LogP contribution >= 0.6 is 11.8 Å². The molecule has 0 bridgehead atoms. The van der Waals surface area contributed by atoms with Gasteiger partial charge in [-0.2, -0.15) is 4.98 Å². The van der Waals surface area contributed by atoms with Crippen LogP contribution in [-0.4, -0.2) is 15.1 Å². The molecular formula is C11H12N4OS. The first-order valence-electron chi connectivity index (χ1n) is 5.47. The molecule has 88 valence electrons. The number of hydrogen-bond donors (Lipinski definition) is 1. The molecule has 2 aromatic heterocycles. The number of aromatic nitrogens is 3. The SMILES string of the molecule is Nc1cnccc1SCc1nc(C2CC2)no1. The van der Waals surface area contributed by atoms with Gasteiger partial charge in [0, 0.05) is 17.0 Å². The van der Waals surface area contributed by atoms with Gasteiger partial charge in [0.2, 0.25) is 5.89 Å². The minimum atomic E-state index is 0.531. The van der Waals surface area contributed by atoms with Gasteiger partial charge in [0.25, 0.3) is 0 Å². The van der Waals surface area contributed by atoms with E-state index in [9.17, 15) is 0 Å². The molecule has 0 spiro atoms. The third-order valence-electron chi connectivity index (χ3n) is 2.59. The van der Waals surface area contributed by atoms with Gasteiger partial charge in [0.15, 0.2) is 5.82 Å². The van der Waals surface area contributed by atoms with Gasteiger partial charge >= 0.3 is 0 Å². The first-order valence-corrected chi connectivity index (χ1v) is 6.46. The van der Waals surface area contributed by atoms with Crippen LogP contribution in [0.3, 0.4) is 0 Å². The average molecular weight is 248 g/mol. The van der Waals surface area contributed by atoms with E-state index in [4.69, 9.17) is 10.3 Å². The van der Waals surface area contributed by atoms with Gasteiger partial charge in [-0.3, -0.25) is 4.98 Å². The molecule has 1 fully saturated rings. The average Bonchev–Trinajstić information content (AvgIpc) is 3.08. The zero-order valence-electron chi connectivity index (χ0n) is 9.17. The van der Waals surface area contributed by atoms with Crippen molar-refractivity contribution in [3.05, 3.63) is 30.2 Å². The lowest BCUT2D eigenvalue weighted by Gasteiger charge is -2.01. The van der Waals surface area contributed by atoms with Gasteiger partial charge in [0.05, 0.1) is 17.6 Å². The highest BCUT2D eigenvalue weighted by Crippen LogP contribution is 2.38. The van der Waals surface area contributed by atoms with Crippen molar-refractivity contribution in [1.29, 1.82) is 0 Å². The monoisotopic (exact) mass is 248 g/mol. The molecule has 5 nitrogen and oxygen atoms in total. The number of anilines is 1. The molecular weight excluding hydrogens is 236 g/mol. The van der Waals surface area contributed by atoms with E-state index in [1.807, 2.05) is 6.07 Å². The van der Waals surface area contributed by atoms with E-state index in [1.165, 1.54) is 12.8 Å². The van der Waals surface area contributed by atoms with Crippen LogP contribution in [0.4, 0.5) is 5.69 Å². The summed E-state index contributed by atoms with van der Waals surface area (Å²) in [5.41, 5.74) is 6.48. The summed E-state index contributed by atoms with van der Waals surface area (Å²) in [6.45, 7) is 0. The number of rotatable bonds is 4. The molecule has 1 saturated carbocycles. The molecule has 0 unspecified atom stereocenters. The Morgan fingerprint density at radius 3 is 3.12 bits per heavy atom. The zero-order valence-corrected chi connectivity index (χ0v) is 9.98. The number of thioether (sulfide) groups is 1. The lowest BCUT2D eigenvalue weighted by atomic mass is 10.4. The van der Waals surface area contributed by atoms with Crippen molar-refractivity contribution in [1.82, 2.24) is 15.1 Å². The van der Waals surface area contributed by atoms with E-state index >= 15 is 0 Å². The third-order valence-corrected chi connectivity index (χ3v) is 3.66. The molecule has 0 atom stereocenters. The first-order chi connectivity index (χ1) is 8.33. The van der Waals surface area contributed by atoms with Crippen molar-refractivity contribution >= 4 is 17.4 Å². The quantitative estimate of drug-likeness (QED) is 0.836. The summed E-state index contributed by atoms with van der Waals surface area (Å²) >= 11 is 1.58. The van der Waals surface area contributed by atoms with Crippen molar-refractivity contribution in [2.45, 2.75) is 29.4 Å². The Labute approximate surface area is 103 Å². The number of nitrogens with two attached hydrogens (primary N) is 1. The van der Waals surface area contributed by atoms with Crippen molar-refractivity contribution in [3.63, 3.8) is 0 Å². The second kappa shape index (κ2) is 4.37. The van der Waals surface area contributed by atoms with Gasteiger partial charge in [-0.25, -0.2) is 0 Å². The van der Waals surface area contributed by atoms with E-state index < -0.39 is 0 Å². The molecule has 0 saturated heterocycles. The summed E-state index contributed by atoms with van der Waals surface area (Å²) in [6, 6.07) is 1.89. The number of nitrogens with zero attached hydrogens (tertiary/aromatic N) is 3. The van der Waals surface area contributed by atoms with E-state index in [2.05, 4.69) is 15.1 Å². The maximum atomic E-state index is 5.80. The van der Waals surface area contributed by atoms with Crippen LogP contribution in [0.1, 0.15) is 30.5 Å². The fourth-order valence-corrected chi connectivity index (χ4v) is 2.27. The molecule has 1 aliphatic carbocycles.